The predicted molar refractivity (Wildman–Crippen MR) is 90.6 cm³/mol. The lowest BCUT2D eigenvalue weighted by atomic mass is 10.1. The highest BCUT2D eigenvalue weighted by Crippen LogP contribution is 2.16. The summed E-state index contributed by atoms with van der Waals surface area (Å²) in [6.07, 6.45) is 5.66. The first-order chi connectivity index (χ1) is 11.2. The fourth-order valence-corrected chi connectivity index (χ4v) is 2.71. The summed E-state index contributed by atoms with van der Waals surface area (Å²) in [7, 11) is 0. The third-order valence-electron chi connectivity index (χ3n) is 3.93. The van der Waals surface area contributed by atoms with Crippen molar-refractivity contribution < 1.29 is 14.3 Å². The molecule has 1 aliphatic heterocycles. The summed E-state index contributed by atoms with van der Waals surface area (Å²) >= 11 is 0. The lowest BCUT2D eigenvalue weighted by Crippen LogP contribution is -2.34. The average molecular weight is 316 g/mol. The molecule has 0 spiro atoms. The molecule has 1 saturated heterocycles. The largest absolute Gasteiger partial charge is 0.468 e. The Balaban J connectivity index is 0.000000338. The van der Waals surface area contributed by atoms with Gasteiger partial charge in [-0.1, -0.05) is 6.42 Å². The van der Waals surface area contributed by atoms with Gasteiger partial charge >= 0.3 is 0 Å². The van der Waals surface area contributed by atoms with Crippen molar-refractivity contribution in [2.75, 3.05) is 26.2 Å². The van der Waals surface area contributed by atoms with E-state index in [0.717, 1.165) is 29.6 Å². The van der Waals surface area contributed by atoms with Crippen LogP contribution in [0.2, 0.25) is 0 Å². The van der Waals surface area contributed by atoms with Crippen molar-refractivity contribution in [2.45, 2.75) is 26.2 Å². The maximum absolute atomic E-state index is 12.2. The number of piperidine rings is 1. The Kier molecular flexibility index (Phi) is 6.81. The molecule has 1 aliphatic rings. The minimum absolute atomic E-state index is 0.236. The van der Waals surface area contributed by atoms with E-state index in [2.05, 4.69) is 14.6 Å². The zero-order valence-electron chi connectivity index (χ0n) is 13.6. The highest BCUT2D eigenvalue weighted by molar-refractivity contribution is 6.00. The van der Waals surface area contributed by atoms with Crippen molar-refractivity contribution in [2.24, 2.45) is 0 Å². The number of fused-ring (bicyclic) bond motifs is 1. The van der Waals surface area contributed by atoms with Gasteiger partial charge in [0.15, 0.2) is 5.78 Å². The van der Waals surface area contributed by atoms with Crippen molar-refractivity contribution in [3.05, 3.63) is 36.0 Å². The number of likely N-dealkylation sites (tertiary alicyclic amines) is 1. The van der Waals surface area contributed by atoms with E-state index in [1.807, 2.05) is 30.5 Å². The minimum atomic E-state index is 0.236. The first kappa shape index (κ1) is 17.2. The van der Waals surface area contributed by atoms with Crippen LogP contribution in [0.3, 0.4) is 0 Å². The molecule has 3 rings (SSSR count). The number of ketones is 1. The van der Waals surface area contributed by atoms with Gasteiger partial charge in [-0.2, -0.15) is 0 Å². The van der Waals surface area contributed by atoms with Gasteiger partial charge in [-0.25, -0.2) is 0 Å². The van der Waals surface area contributed by atoms with E-state index in [0.29, 0.717) is 19.6 Å². The van der Waals surface area contributed by atoms with E-state index < -0.39 is 0 Å². The number of carbonyl (C=O) groups is 2. The topological polar surface area (TPSA) is 62.4 Å². The van der Waals surface area contributed by atoms with E-state index in [4.69, 9.17) is 0 Å². The number of Topliss-reactive ketones (excluding diaryl/α,β-unsaturated/α-hetero) is 1. The fraction of sp³-hybridized carbons (Fsp3) is 0.444. The Hall–Kier alpha value is -2.14. The molecule has 0 aliphatic carbocycles. The van der Waals surface area contributed by atoms with Gasteiger partial charge in [0.05, 0.1) is 13.2 Å². The van der Waals surface area contributed by atoms with Gasteiger partial charge in [0.25, 0.3) is 6.47 Å². The molecular weight excluding hydrogens is 292 g/mol. The zero-order chi connectivity index (χ0) is 16.5. The maximum Gasteiger partial charge on any atom is 0.293 e. The van der Waals surface area contributed by atoms with Gasteiger partial charge in [0, 0.05) is 22.7 Å². The standard InChI is InChI=1S/C15H18N2O.C3H6O2/c18-15(11-17-8-2-1-3-9-17)13-4-5-14-12(10-13)6-7-16-14;1-2-5-3-4/h4-7,10,16H,1-3,8-9,11H2;3H,2H2,1H3. The van der Waals surface area contributed by atoms with Gasteiger partial charge < -0.3 is 9.72 Å². The molecule has 5 nitrogen and oxygen atoms in total. The summed E-state index contributed by atoms with van der Waals surface area (Å²) in [4.78, 5) is 26.8. The van der Waals surface area contributed by atoms with Crippen LogP contribution in [0.4, 0.5) is 0 Å². The molecule has 1 N–H and O–H groups in total. The van der Waals surface area contributed by atoms with Crippen molar-refractivity contribution in [3.63, 3.8) is 0 Å². The van der Waals surface area contributed by atoms with Crippen LogP contribution in [-0.2, 0) is 9.53 Å². The van der Waals surface area contributed by atoms with Crippen molar-refractivity contribution in [1.82, 2.24) is 9.88 Å². The van der Waals surface area contributed by atoms with Crippen LogP contribution in [0.25, 0.3) is 10.9 Å². The van der Waals surface area contributed by atoms with Gasteiger partial charge in [-0.05, 0) is 57.1 Å². The third kappa shape index (κ3) is 5.21. The van der Waals surface area contributed by atoms with E-state index in [1.165, 1.54) is 19.3 Å². The maximum atomic E-state index is 12.2. The molecule has 5 heteroatoms. The first-order valence-corrected chi connectivity index (χ1v) is 8.12. The molecule has 0 atom stereocenters. The average Bonchev–Trinajstić information content (AvgIpc) is 3.04. The Bertz CT molecular complexity index is 630. The van der Waals surface area contributed by atoms with E-state index in [9.17, 15) is 9.59 Å². The Morgan fingerprint density at radius 1 is 1.26 bits per heavy atom. The summed E-state index contributed by atoms with van der Waals surface area (Å²) in [5.74, 6) is 0.236. The summed E-state index contributed by atoms with van der Waals surface area (Å²) in [6, 6.07) is 7.90. The van der Waals surface area contributed by atoms with Crippen LogP contribution < -0.4 is 0 Å². The lowest BCUT2D eigenvalue weighted by Gasteiger charge is -2.25. The SMILES string of the molecule is CCOC=O.O=C(CN1CCCCC1)c1ccc2[nH]ccc2c1. The second-order valence-corrected chi connectivity index (χ2v) is 5.59. The van der Waals surface area contributed by atoms with Crippen molar-refractivity contribution >= 4 is 23.2 Å². The summed E-state index contributed by atoms with van der Waals surface area (Å²) in [5.41, 5.74) is 1.91. The summed E-state index contributed by atoms with van der Waals surface area (Å²) in [5, 5.41) is 1.11. The Morgan fingerprint density at radius 3 is 2.70 bits per heavy atom. The quantitative estimate of drug-likeness (QED) is 0.680. The lowest BCUT2D eigenvalue weighted by molar-refractivity contribution is -0.128. The van der Waals surface area contributed by atoms with Crippen LogP contribution in [0.15, 0.2) is 30.5 Å². The molecule has 0 unspecified atom stereocenters. The summed E-state index contributed by atoms with van der Waals surface area (Å²) < 4.78 is 4.15. The van der Waals surface area contributed by atoms with E-state index in [1.54, 1.807) is 6.92 Å². The molecule has 0 amide bonds. The molecule has 1 aromatic carbocycles. The number of benzene rings is 1. The Morgan fingerprint density at radius 2 is 2.04 bits per heavy atom. The molecule has 23 heavy (non-hydrogen) atoms. The number of H-pyrrole nitrogens is 1. The van der Waals surface area contributed by atoms with Crippen LogP contribution in [0.1, 0.15) is 36.5 Å². The minimum Gasteiger partial charge on any atom is -0.468 e. The highest BCUT2D eigenvalue weighted by Gasteiger charge is 2.15. The fourth-order valence-electron chi connectivity index (χ4n) is 2.71. The number of hydrogen-bond acceptors (Lipinski definition) is 4. The highest BCUT2D eigenvalue weighted by atomic mass is 16.5. The van der Waals surface area contributed by atoms with Gasteiger partial charge in [0.1, 0.15) is 0 Å². The number of ether oxygens (including phenoxy) is 1. The van der Waals surface area contributed by atoms with Gasteiger partial charge in [0.2, 0.25) is 0 Å². The van der Waals surface area contributed by atoms with E-state index in [-0.39, 0.29) is 5.78 Å². The molecule has 0 bridgehead atoms. The normalized spacial score (nSPS) is 14.8. The number of hydrogen-bond donors (Lipinski definition) is 1. The second-order valence-electron chi connectivity index (χ2n) is 5.59. The molecule has 0 radical (unpaired) electrons. The number of rotatable bonds is 5. The Labute approximate surface area is 136 Å². The molecule has 1 fully saturated rings. The van der Waals surface area contributed by atoms with Crippen LogP contribution in [-0.4, -0.2) is 48.4 Å². The number of carbonyl (C=O) groups excluding carboxylic acids is 2. The van der Waals surface area contributed by atoms with Gasteiger partial charge in [-0.3, -0.25) is 14.5 Å². The van der Waals surface area contributed by atoms with Crippen LogP contribution >= 0.6 is 0 Å². The molecule has 2 heterocycles. The van der Waals surface area contributed by atoms with Crippen LogP contribution in [0.5, 0.6) is 0 Å². The molecule has 1 aromatic heterocycles. The molecule has 124 valence electrons. The zero-order valence-corrected chi connectivity index (χ0v) is 13.6. The molecular formula is C18H24N2O3. The van der Waals surface area contributed by atoms with Crippen molar-refractivity contribution in [1.29, 1.82) is 0 Å². The smallest absolute Gasteiger partial charge is 0.293 e. The second kappa shape index (κ2) is 9.10. The monoisotopic (exact) mass is 316 g/mol. The number of nitrogens with zero attached hydrogens (tertiary/aromatic N) is 1. The number of aromatic nitrogens is 1. The first-order valence-electron chi connectivity index (χ1n) is 8.12. The molecule has 2 aromatic rings. The van der Waals surface area contributed by atoms with Gasteiger partial charge in [-0.15, -0.1) is 0 Å². The van der Waals surface area contributed by atoms with Crippen LogP contribution in [0, 0.1) is 0 Å². The summed E-state index contributed by atoms with van der Waals surface area (Å²) in [6.45, 7) is 5.37. The molecule has 0 saturated carbocycles. The van der Waals surface area contributed by atoms with E-state index >= 15 is 0 Å². The third-order valence-corrected chi connectivity index (χ3v) is 3.93. The number of aromatic amines is 1. The predicted octanol–water partition coefficient (Wildman–Crippen LogP) is 3.02. The van der Waals surface area contributed by atoms with Crippen molar-refractivity contribution in [3.8, 4) is 0 Å². The number of nitrogens with one attached hydrogen (secondary N) is 1.